The molecule has 3 heterocycles. The monoisotopic (exact) mass is 500 g/mol. The van der Waals surface area contributed by atoms with E-state index in [1.807, 2.05) is 12.1 Å². The molecule has 0 amide bonds. The minimum absolute atomic E-state index is 0.0864. The summed E-state index contributed by atoms with van der Waals surface area (Å²) in [5.41, 5.74) is 1.43. The van der Waals surface area contributed by atoms with E-state index < -0.39 is 15.7 Å². The standard InChI is InChI=1S/C24H25FN4O5S/c1-16-23(27-15-28-24(16)34-21-4-3-19(14-20(21)25)35(2,31)32)33-18-6-10-29(11-7-18)22-13-17(8-12-30)5-9-26-22/h3-5,9,12-15,18H,6-8,10-11H2,1-2H3. The highest BCUT2D eigenvalue weighted by molar-refractivity contribution is 7.90. The van der Waals surface area contributed by atoms with E-state index >= 15 is 0 Å². The number of anilines is 1. The van der Waals surface area contributed by atoms with E-state index in [1.165, 1.54) is 18.5 Å². The molecule has 4 rings (SSSR count). The van der Waals surface area contributed by atoms with Crippen LogP contribution in [-0.4, -0.2) is 55.1 Å². The molecule has 184 valence electrons. The first-order chi connectivity index (χ1) is 16.7. The van der Waals surface area contributed by atoms with Gasteiger partial charge in [0.2, 0.25) is 11.8 Å². The van der Waals surface area contributed by atoms with Crippen LogP contribution in [0.4, 0.5) is 10.2 Å². The van der Waals surface area contributed by atoms with Crippen molar-refractivity contribution in [2.24, 2.45) is 0 Å². The highest BCUT2D eigenvalue weighted by atomic mass is 32.2. The number of piperidine rings is 1. The Balaban J connectivity index is 1.41. The second-order valence-electron chi connectivity index (χ2n) is 8.27. The van der Waals surface area contributed by atoms with Crippen molar-refractivity contribution in [3.63, 3.8) is 0 Å². The van der Waals surface area contributed by atoms with Gasteiger partial charge < -0.3 is 19.2 Å². The number of benzene rings is 1. The lowest BCUT2D eigenvalue weighted by Crippen LogP contribution is -2.39. The Hall–Kier alpha value is -3.60. The van der Waals surface area contributed by atoms with Gasteiger partial charge in [0.05, 0.1) is 10.5 Å². The summed E-state index contributed by atoms with van der Waals surface area (Å²) in [6, 6.07) is 7.20. The first-order valence-corrected chi connectivity index (χ1v) is 12.9. The average molecular weight is 501 g/mol. The molecule has 1 fully saturated rings. The SMILES string of the molecule is Cc1c(Oc2ccc(S(C)(=O)=O)cc2F)ncnc1OC1CCN(c2cc(CC=O)ccn2)CC1. The molecule has 1 aromatic carbocycles. The lowest BCUT2D eigenvalue weighted by Gasteiger charge is -2.33. The van der Waals surface area contributed by atoms with Crippen LogP contribution in [0.1, 0.15) is 24.0 Å². The van der Waals surface area contributed by atoms with E-state index in [4.69, 9.17) is 9.47 Å². The van der Waals surface area contributed by atoms with Crippen LogP contribution in [-0.2, 0) is 21.1 Å². The molecule has 1 aliphatic rings. The van der Waals surface area contributed by atoms with Gasteiger partial charge in [0.25, 0.3) is 0 Å². The third-order valence-corrected chi connectivity index (χ3v) is 6.81. The van der Waals surface area contributed by atoms with E-state index in [0.717, 1.165) is 55.9 Å². The summed E-state index contributed by atoms with van der Waals surface area (Å²) in [5.74, 6) is 0.331. The molecule has 0 spiro atoms. The van der Waals surface area contributed by atoms with Gasteiger partial charge in [0.15, 0.2) is 21.4 Å². The Bertz CT molecular complexity index is 1330. The van der Waals surface area contributed by atoms with Crippen molar-refractivity contribution in [2.45, 2.75) is 37.2 Å². The lowest BCUT2D eigenvalue weighted by molar-refractivity contribution is -0.107. The molecule has 2 aromatic heterocycles. The van der Waals surface area contributed by atoms with Crippen LogP contribution in [0.25, 0.3) is 0 Å². The van der Waals surface area contributed by atoms with Crippen LogP contribution in [0.3, 0.4) is 0 Å². The molecule has 9 nitrogen and oxygen atoms in total. The van der Waals surface area contributed by atoms with Crippen molar-refractivity contribution in [2.75, 3.05) is 24.2 Å². The zero-order valence-electron chi connectivity index (χ0n) is 19.3. The van der Waals surface area contributed by atoms with Crippen molar-refractivity contribution in [3.05, 3.63) is 59.8 Å². The van der Waals surface area contributed by atoms with E-state index in [-0.39, 0.29) is 22.6 Å². The predicted octanol–water partition coefficient (Wildman–Crippen LogP) is 3.30. The quantitative estimate of drug-likeness (QED) is 0.430. The second kappa shape index (κ2) is 10.3. The summed E-state index contributed by atoms with van der Waals surface area (Å²) in [6.45, 7) is 3.17. The number of carbonyl (C=O) groups is 1. The molecule has 0 unspecified atom stereocenters. The number of pyridine rings is 1. The Morgan fingerprint density at radius 3 is 2.54 bits per heavy atom. The number of sulfone groups is 1. The summed E-state index contributed by atoms with van der Waals surface area (Å²) in [5, 5.41) is 0. The second-order valence-corrected chi connectivity index (χ2v) is 10.3. The summed E-state index contributed by atoms with van der Waals surface area (Å²) in [4.78, 5) is 25.5. The van der Waals surface area contributed by atoms with Crippen LogP contribution >= 0.6 is 0 Å². The van der Waals surface area contributed by atoms with Gasteiger partial charge in [-0.15, -0.1) is 0 Å². The molecule has 35 heavy (non-hydrogen) atoms. The van der Waals surface area contributed by atoms with Crippen molar-refractivity contribution in [1.82, 2.24) is 15.0 Å². The lowest BCUT2D eigenvalue weighted by atomic mass is 10.1. The van der Waals surface area contributed by atoms with Crippen LogP contribution < -0.4 is 14.4 Å². The summed E-state index contributed by atoms with van der Waals surface area (Å²) >= 11 is 0. The largest absolute Gasteiger partial charge is 0.474 e. The fraction of sp³-hybridized carbons (Fsp3) is 0.333. The van der Waals surface area contributed by atoms with Gasteiger partial charge in [0.1, 0.15) is 24.5 Å². The Morgan fingerprint density at radius 2 is 1.86 bits per heavy atom. The molecule has 11 heteroatoms. The Kier molecular flexibility index (Phi) is 7.25. The van der Waals surface area contributed by atoms with Gasteiger partial charge >= 0.3 is 0 Å². The number of aromatic nitrogens is 3. The highest BCUT2D eigenvalue weighted by Gasteiger charge is 2.24. The van der Waals surface area contributed by atoms with Gasteiger partial charge in [0, 0.05) is 44.8 Å². The number of hydrogen-bond donors (Lipinski definition) is 0. The molecule has 0 saturated carbocycles. The topological polar surface area (TPSA) is 112 Å². The zero-order chi connectivity index (χ0) is 25.0. The summed E-state index contributed by atoms with van der Waals surface area (Å²) in [7, 11) is -3.54. The van der Waals surface area contributed by atoms with E-state index in [2.05, 4.69) is 19.9 Å². The number of aldehydes is 1. The van der Waals surface area contributed by atoms with Gasteiger partial charge in [-0.2, -0.15) is 0 Å². The Labute approximate surface area is 202 Å². The first kappa shape index (κ1) is 24.5. The molecule has 0 N–H and O–H groups in total. The number of carbonyl (C=O) groups excluding carboxylic acids is 1. The number of nitrogens with zero attached hydrogens (tertiary/aromatic N) is 4. The molecule has 0 aliphatic carbocycles. The fourth-order valence-electron chi connectivity index (χ4n) is 3.76. The van der Waals surface area contributed by atoms with E-state index in [1.54, 1.807) is 13.1 Å². The zero-order valence-corrected chi connectivity index (χ0v) is 20.2. The molecule has 0 radical (unpaired) electrons. The maximum atomic E-state index is 14.4. The van der Waals surface area contributed by atoms with Crippen molar-refractivity contribution in [3.8, 4) is 17.5 Å². The van der Waals surface area contributed by atoms with Crippen molar-refractivity contribution >= 4 is 21.9 Å². The fourth-order valence-corrected chi connectivity index (χ4v) is 4.39. The van der Waals surface area contributed by atoms with Crippen molar-refractivity contribution in [1.29, 1.82) is 0 Å². The highest BCUT2D eigenvalue weighted by Crippen LogP contribution is 2.31. The maximum Gasteiger partial charge on any atom is 0.229 e. The number of rotatable bonds is 8. The van der Waals surface area contributed by atoms with Gasteiger partial charge in [-0.25, -0.2) is 27.8 Å². The minimum Gasteiger partial charge on any atom is -0.474 e. The summed E-state index contributed by atoms with van der Waals surface area (Å²) < 4.78 is 49.4. The van der Waals surface area contributed by atoms with Gasteiger partial charge in [-0.1, -0.05) is 0 Å². The van der Waals surface area contributed by atoms with Crippen LogP contribution in [0.15, 0.2) is 47.8 Å². The first-order valence-electron chi connectivity index (χ1n) is 11.0. The summed E-state index contributed by atoms with van der Waals surface area (Å²) in [6.07, 6.45) is 6.61. The predicted molar refractivity (Wildman–Crippen MR) is 126 cm³/mol. The molecule has 0 atom stereocenters. The average Bonchev–Trinajstić information content (AvgIpc) is 2.83. The van der Waals surface area contributed by atoms with Gasteiger partial charge in [-0.3, -0.25) is 0 Å². The molecule has 1 saturated heterocycles. The van der Waals surface area contributed by atoms with Crippen LogP contribution in [0, 0.1) is 12.7 Å². The third kappa shape index (κ3) is 5.91. The number of hydrogen-bond acceptors (Lipinski definition) is 9. The molecule has 3 aromatic rings. The molecule has 1 aliphatic heterocycles. The molecule has 0 bridgehead atoms. The number of ether oxygens (including phenoxy) is 2. The van der Waals surface area contributed by atoms with E-state index in [0.29, 0.717) is 17.9 Å². The smallest absolute Gasteiger partial charge is 0.229 e. The molecular formula is C24H25FN4O5S. The third-order valence-electron chi connectivity index (χ3n) is 5.70. The minimum atomic E-state index is -3.54. The van der Waals surface area contributed by atoms with E-state index in [9.17, 15) is 17.6 Å². The molecular weight excluding hydrogens is 475 g/mol. The van der Waals surface area contributed by atoms with Crippen LogP contribution in [0.2, 0.25) is 0 Å². The van der Waals surface area contributed by atoms with Crippen LogP contribution in [0.5, 0.6) is 17.5 Å². The van der Waals surface area contributed by atoms with Gasteiger partial charge in [-0.05, 0) is 42.8 Å². The van der Waals surface area contributed by atoms with Crippen molar-refractivity contribution < 1.29 is 27.1 Å². The maximum absolute atomic E-state index is 14.4. The Morgan fingerprint density at radius 1 is 1.11 bits per heavy atom. The normalized spacial score (nSPS) is 14.5. The number of halogens is 1.